The standard InChI is InChI=1S/C15H13BrN2S/c1-9-6-7-12(11(16)8-9)17-15-18-14-10(2)4-3-5-13(14)19-15/h3-8H,1-2H3,(H,17,18). The van der Waals surface area contributed by atoms with Gasteiger partial charge in [-0.2, -0.15) is 0 Å². The van der Waals surface area contributed by atoms with Gasteiger partial charge in [0.15, 0.2) is 5.13 Å². The summed E-state index contributed by atoms with van der Waals surface area (Å²) >= 11 is 5.25. The maximum Gasteiger partial charge on any atom is 0.188 e. The minimum absolute atomic E-state index is 0.925. The van der Waals surface area contributed by atoms with Gasteiger partial charge in [-0.25, -0.2) is 4.98 Å². The zero-order valence-corrected chi connectivity index (χ0v) is 13.1. The zero-order valence-electron chi connectivity index (χ0n) is 10.7. The van der Waals surface area contributed by atoms with Crippen molar-refractivity contribution in [3.63, 3.8) is 0 Å². The van der Waals surface area contributed by atoms with Crippen molar-refractivity contribution in [2.75, 3.05) is 5.32 Å². The summed E-state index contributed by atoms with van der Waals surface area (Å²) in [5.41, 5.74) is 4.57. The number of halogens is 1. The van der Waals surface area contributed by atoms with Crippen LogP contribution >= 0.6 is 27.3 Å². The molecule has 1 N–H and O–H groups in total. The van der Waals surface area contributed by atoms with Crippen molar-refractivity contribution >= 4 is 48.3 Å². The van der Waals surface area contributed by atoms with E-state index < -0.39 is 0 Å². The summed E-state index contributed by atoms with van der Waals surface area (Å²) in [5, 5.41) is 4.30. The van der Waals surface area contributed by atoms with Crippen LogP contribution in [0.3, 0.4) is 0 Å². The molecule has 0 radical (unpaired) electrons. The van der Waals surface area contributed by atoms with Crippen molar-refractivity contribution in [2.45, 2.75) is 13.8 Å². The van der Waals surface area contributed by atoms with Crippen LogP contribution in [0.1, 0.15) is 11.1 Å². The molecular formula is C15H13BrN2S. The second-order valence-corrected chi connectivity index (χ2v) is 6.43. The van der Waals surface area contributed by atoms with E-state index in [0.717, 1.165) is 20.8 Å². The normalized spacial score (nSPS) is 10.9. The van der Waals surface area contributed by atoms with Crippen molar-refractivity contribution in [3.8, 4) is 0 Å². The molecule has 0 saturated carbocycles. The minimum atomic E-state index is 0.925. The van der Waals surface area contributed by atoms with Gasteiger partial charge in [0, 0.05) is 4.47 Å². The monoisotopic (exact) mass is 332 g/mol. The molecule has 4 heteroatoms. The molecule has 1 aromatic heterocycles. The summed E-state index contributed by atoms with van der Waals surface area (Å²) in [6.07, 6.45) is 0. The first-order chi connectivity index (χ1) is 9.13. The highest BCUT2D eigenvalue weighted by Crippen LogP contribution is 2.32. The van der Waals surface area contributed by atoms with Crippen molar-refractivity contribution in [2.24, 2.45) is 0 Å². The fourth-order valence-electron chi connectivity index (χ4n) is 1.98. The second-order valence-electron chi connectivity index (χ2n) is 4.55. The van der Waals surface area contributed by atoms with E-state index in [0.29, 0.717) is 0 Å². The van der Waals surface area contributed by atoms with E-state index in [1.54, 1.807) is 11.3 Å². The van der Waals surface area contributed by atoms with Crippen LogP contribution in [0, 0.1) is 13.8 Å². The molecule has 3 rings (SSSR count). The molecule has 3 aromatic rings. The number of aryl methyl sites for hydroxylation is 2. The number of fused-ring (bicyclic) bond motifs is 1. The Labute approximate surface area is 124 Å². The molecule has 0 aliphatic carbocycles. The van der Waals surface area contributed by atoms with Crippen molar-refractivity contribution in [3.05, 3.63) is 52.0 Å². The molecule has 96 valence electrons. The predicted octanol–water partition coefficient (Wildman–Crippen LogP) is 5.42. The Morgan fingerprint density at radius 3 is 2.74 bits per heavy atom. The van der Waals surface area contributed by atoms with Crippen LogP contribution < -0.4 is 5.32 Å². The number of nitrogens with one attached hydrogen (secondary N) is 1. The van der Waals surface area contributed by atoms with Crippen molar-refractivity contribution in [1.82, 2.24) is 4.98 Å². The number of benzene rings is 2. The number of para-hydroxylation sites is 1. The summed E-state index contributed by atoms with van der Waals surface area (Å²) in [6, 6.07) is 12.5. The van der Waals surface area contributed by atoms with Gasteiger partial charge in [-0.1, -0.05) is 29.5 Å². The van der Waals surface area contributed by atoms with E-state index in [-0.39, 0.29) is 0 Å². The Morgan fingerprint density at radius 2 is 2.00 bits per heavy atom. The molecule has 0 unspecified atom stereocenters. The lowest BCUT2D eigenvalue weighted by molar-refractivity contribution is 1.38. The van der Waals surface area contributed by atoms with E-state index in [1.807, 2.05) is 0 Å². The first-order valence-corrected chi connectivity index (χ1v) is 7.64. The molecule has 0 bridgehead atoms. The number of nitrogens with zero attached hydrogens (tertiary/aromatic N) is 1. The Balaban J connectivity index is 1.99. The number of anilines is 2. The quantitative estimate of drug-likeness (QED) is 0.677. The minimum Gasteiger partial charge on any atom is -0.331 e. The fraction of sp³-hybridized carbons (Fsp3) is 0.133. The molecule has 2 nitrogen and oxygen atoms in total. The maximum atomic E-state index is 4.66. The molecule has 0 aliphatic rings. The van der Waals surface area contributed by atoms with Crippen LogP contribution in [0.2, 0.25) is 0 Å². The highest BCUT2D eigenvalue weighted by molar-refractivity contribution is 9.10. The van der Waals surface area contributed by atoms with Gasteiger partial charge in [0.05, 0.1) is 15.9 Å². The molecule has 19 heavy (non-hydrogen) atoms. The van der Waals surface area contributed by atoms with Crippen LogP contribution in [-0.2, 0) is 0 Å². The number of aromatic nitrogens is 1. The van der Waals surface area contributed by atoms with Gasteiger partial charge < -0.3 is 5.32 Å². The zero-order chi connectivity index (χ0) is 13.4. The van der Waals surface area contributed by atoms with E-state index in [4.69, 9.17) is 0 Å². The molecule has 0 amide bonds. The lowest BCUT2D eigenvalue weighted by Crippen LogP contribution is -1.90. The molecule has 2 aromatic carbocycles. The Morgan fingerprint density at radius 1 is 1.16 bits per heavy atom. The smallest absolute Gasteiger partial charge is 0.188 e. The summed E-state index contributed by atoms with van der Waals surface area (Å²) in [5.74, 6) is 0. The van der Waals surface area contributed by atoms with Gasteiger partial charge in [-0.15, -0.1) is 0 Å². The van der Waals surface area contributed by atoms with E-state index in [9.17, 15) is 0 Å². The predicted molar refractivity (Wildman–Crippen MR) is 86.5 cm³/mol. The summed E-state index contributed by atoms with van der Waals surface area (Å²) in [7, 11) is 0. The van der Waals surface area contributed by atoms with Crippen molar-refractivity contribution < 1.29 is 0 Å². The second kappa shape index (κ2) is 4.94. The third-order valence-electron chi connectivity index (χ3n) is 2.99. The molecule has 0 saturated heterocycles. The SMILES string of the molecule is Cc1ccc(Nc2nc3c(C)cccc3s2)c(Br)c1. The topological polar surface area (TPSA) is 24.9 Å². The Bertz CT molecular complexity index is 749. The largest absolute Gasteiger partial charge is 0.331 e. The van der Waals surface area contributed by atoms with Gasteiger partial charge in [0.2, 0.25) is 0 Å². The lowest BCUT2D eigenvalue weighted by atomic mass is 10.2. The summed E-state index contributed by atoms with van der Waals surface area (Å²) in [4.78, 5) is 4.66. The van der Waals surface area contributed by atoms with Gasteiger partial charge >= 0.3 is 0 Å². The highest BCUT2D eigenvalue weighted by Gasteiger charge is 2.07. The van der Waals surface area contributed by atoms with Crippen LogP contribution in [0.25, 0.3) is 10.2 Å². The maximum absolute atomic E-state index is 4.66. The van der Waals surface area contributed by atoms with Gasteiger partial charge in [0.1, 0.15) is 0 Å². The molecule has 1 heterocycles. The summed E-state index contributed by atoms with van der Waals surface area (Å²) < 4.78 is 2.27. The molecule has 0 atom stereocenters. The van der Waals surface area contributed by atoms with Gasteiger partial charge in [-0.05, 0) is 59.1 Å². The van der Waals surface area contributed by atoms with Crippen LogP contribution in [0.15, 0.2) is 40.9 Å². The first-order valence-electron chi connectivity index (χ1n) is 6.03. The molecule has 0 aliphatic heterocycles. The first kappa shape index (κ1) is 12.6. The third-order valence-corrected chi connectivity index (χ3v) is 4.58. The van der Waals surface area contributed by atoms with E-state index in [2.05, 4.69) is 76.5 Å². The average molecular weight is 333 g/mol. The Kier molecular flexibility index (Phi) is 3.29. The third kappa shape index (κ3) is 2.51. The van der Waals surface area contributed by atoms with Crippen molar-refractivity contribution in [1.29, 1.82) is 0 Å². The van der Waals surface area contributed by atoms with Crippen LogP contribution in [0.5, 0.6) is 0 Å². The van der Waals surface area contributed by atoms with E-state index >= 15 is 0 Å². The summed E-state index contributed by atoms with van der Waals surface area (Å²) in [6.45, 7) is 4.17. The molecule has 0 fully saturated rings. The van der Waals surface area contributed by atoms with Gasteiger partial charge in [-0.3, -0.25) is 0 Å². The number of rotatable bonds is 2. The number of thiazole rings is 1. The van der Waals surface area contributed by atoms with Crippen LogP contribution in [0.4, 0.5) is 10.8 Å². The van der Waals surface area contributed by atoms with Gasteiger partial charge in [0.25, 0.3) is 0 Å². The molecule has 0 spiro atoms. The molecular weight excluding hydrogens is 320 g/mol. The van der Waals surface area contributed by atoms with E-state index in [1.165, 1.54) is 15.8 Å². The average Bonchev–Trinajstić information content (AvgIpc) is 2.77. The Hall–Kier alpha value is -1.39. The van der Waals surface area contributed by atoms with Crippen LogP contribution in [-0.4, -0.2) is 4.98 Å². The highest BCUT2D eigenvalue weighted by atomic mass is 79.9. The fourth-order valence-corrected chi connectivity index (χ4v) is 3.52. The number of hydrogen-bond donors (Lipinski definition) is 1. The number of hydrogen-bond acceptors (Lipinski definition) is 3. The lowest BCUT2D eigenvalue weighted by Gasteiger charge is -2.05.